The van der Waals surface area contributed by atoms with Crippen molar-refractivity contribution in [2.75, 3.05) is 32.7 Å². The molecule has 128 valence electrons. The zero-order valence-electron chi connectivity index (χ0n) is 13.8. The van der Waals surface area contributed by atoms with E-state index in [0.29, 0.717) is 44.0 Å². The topological polar surface area (TPSA) is 69.7 Å². The zero-order chi connectivity index (χ0) is 16.9. The molecule has 0 bridgehead atoms. The Morgan fingerprint density at radius 3 is 2.61 bits per heavy atom. The zero-order valence-corrected chi connectivity index (χ0v) is 14.6. The highest BCUT2D eigenvalue weighted by atomic mass is 32.2. The number of hydrogen-bond acceptors (Lipinski definition) is 3. The fraction of sp³-hybridized carbons (Fsp3) is 0.562. The average Bonchev–Trinajstić information content (AvgIpc) is 2.79. The van der Waals surface area contributed by atoms with E-state index in [1.54, 1.807) is 30.0 Å². The summed E-state index contributed by atoms with van der Waals surface area (Å²) in [5.41, 5.74) is 0.745. The van der Waals surface area contributed by atoms with Gasteiger partial charge in [-0.2, -0.15) is 4.31 Å². The van der Waals surface area contributed by atoms with Crippen LogP contribution in [0.3, 0.4) is 0 Å². The molecule has 1 heterocycles. The maximum Gasteiger partial charge on any atom is 0.317 e. The second kappa shape index (κ2) is 7.79. The summed E-state index contributed by atoms with van der Waals surface area (Å²) in [6.07, 6.45) is 1.53. The van der Waals surface area contributed by atoms with Crippen molar-refractivity contribution in [1.82, 2.24) is 14.5 Å². The molecule has 1 N–H and O–H groups in total. The van der Waals surface area contributed by atoms with Gasteiger partial charge in [0, 0.05) is 32.7 Å². The van der Waals surface area contributed by atoms with Gasteiger partial charge in [0.15, 0.2) is 0 Å². The van der Waals surface area contributed by atoms with Crippen LogP contribution in [0.25, 0.3) is 0 Å². The van der Waals surface area contributed by atoms with E-state index in [4.69, 9.17) is 0 Å². The van der Waals surface area contributed by atoms with Crippen LogP contribution in [-0.4, -0.2) is 56.4 Å². The van der Waals surface area contributed by atoms with Crippen LogP contribution in [0.2, 0.25) is 0 Å². The molecule has 2 rings (SSSR count). The first kappa shape index (κ1) is 17.7. The highest BCUT2D eigenvalue weighted by Gasteiger charge is 2.28. The quantitative estimate of drug-likeness (QED) is 0.909. The molecule has 1 saturated heterocycles. The second-order valence-electron chi connectivity index (χ2n) is 5.74. The Hall–Kier alpha value is -1.60. The lowest BCUT2D eigenvalue weighted by atomic mass is 10.2. The summed E-state index contributed by atoms with van der Waals surface area (Å²) in [5, 5.41) is 2.84. The first-order valence-corrected chi connectivity index (χ1v) is 9.49. The molecule has 7 heteroatoms. The fourth-order valence-electron chi connectivity index (χ4n) is 2.67. The number of hydrogen-bond donors (Lipinski definition) is 1. The van der Waals surface area contributed by atoms with Gasteiger partial charge in [-0.3, -0.25) is 0 Å². The Bertz CT molecular complexity index is 646. The van der Waals surface area contributed by atoms with E-state index in [9.17, 15) is 13.2 Å². The number of benzene rings is 1. The van der Waals surface area contributed by atoms with Crippen molar-refractivity contribution >= 4 is 16.1 Å². The summed E-state index contributed by atoms with van der Waals surface area (Å²) in [6.45, 7) is 6.20. The molecular formula is C16H25N3O3S. The molecule has 2 amide bonds. The number of carbonyl (C=O) groups excluding carboxylic acids is 1. The molecule has 0 radical (unpaired) electrons. The molecule has 0 saturated carbocycles. The third-order valence-corrected chi connectivity index (χ3v) is 6.04. The molecule has 1 fully saturated rings. The normalized spacial score (nSPS) is 16.9. The standard InChI is InChI=1S/C16H25N3O3S/c1-3-9-17-16(20)18-10-6-11-19(13-12-18)23(21,22)15-8-5-4-7-14(15)2/h4-5,7-8H,3,6,9-13H2,1-2H3,(H,17,20). The Morgan fingerprint density at radius 1 is 1.17 bits per heavy atom. The van der Waals surface area contributed by atoms with Gasteiger partial charge in [-0.05, 0) is 31.4 Å². The number of nitrogens with one attached hydrogen (secondary N) is 1. The summed E-state index contributed by atoms with van der Waals surface area (Å²) in [6, 6.07) is 6.90. The molecule has 6 nitrogen and oxygen atoms in total. The number of nitrogens with zero attached hydrogens (tertiary/aromatic N) is 2. The van der Waals surface area contributed by atoms with Crippen molar-refractivity contribution in [2.45, 2.75) is 31.6 Å². The minimum absolute atomic E-state index is 0.109. The molecule has 1 aromatic carbocycles. The Kier molecular flexibility index (Phi) is 6.01. The molecule has 1 aliphatic heterocycles. The summed E-state index contributed by atoms with van der Waals surface area (Å²) in [5.74, 6) is 0. The van der Waals surface area contributed by atoms with Crippen LogP contribution < -0.4 is 5.32 Å². The number of aryl methyl sites for hydroxylation is 1. The smallest absolute Gasteiger partial charge is 0.317 e. The molecule has 0 aromatic heterocycles. The van der Waals surface area contributed by atoms with Crippen molar-refractivity contribution in [3.8, 4) is 0 Å². The van der Waals surface area contributed by atoms with Gasteiger partial charge >= 0.3 is 6.03 Å². The average molecular weight is 339 g/mol. The number of rotatable bonds is 4. The first-order valence-electron chi connectivity index (χ1n) is 8.05. The van der Waals surface area contributed by atoms with Crippen LogP contribution in [0.1, 0.15) is 25.3 Å². The summed E-state index contributed by atoms with van der Waals surface area (Å²) < 4.78 is 27.1. The van der Waals surface area contributed by atoms with Crippen molar-refractivity contribution in [3.05, 3.63) is 29.8 Å². The van der Waals surface area contributed by atoms with Crippen LogP contribution in [0, 0.1) is 6.92 Å². The van der Waals surface area contributed by atoms with Crippen LogP contribution in [0.15, 0.2) is 29.2 Å². The predicted octanol–water partition coefficient (Wildman–Crippen LogP) is 1.81. The minimum atomic E-state index is -3.51. The van der Waals surface area contributed by atoms with Gasteiger partial charge in [-0.15, -0.1) is 0 Å². The maximum absolute atomic E-state index is 12.8. The van der Waals surface area contributed by atoms with Crippen molar-refractivity contribution in [1.29, 1.82) is 0 Å². The largest absolute Gasteiger partial charge is 0.338 e. The molecule has 0 unspecified atom stereocenters. The third kappa shape index (κ3) is 4.23. The third-order valence-electron chi connectivity index (χ3n) is 3.98. The number of sulfonamides is 1. The van der Waals surface area contributed by atoms with Gasteiger partial charge in [0.05, 0.1) is 4.90 Å². The van der Waals surface area contributed by atoms with Crippen LogP contribution in [0.5, 0.6) is 0 Å². The summed E-state index contributed by atoms with van der Waals surface area (Å²) in [4.78, 5) is 14.1. The molecule has 1 aromatic rings. The fourth-order valence-corrected chi connectivity index (χ4v) is 4.36. The van der Waals surface area contributed by atoms with E-state index < -0.39 is 10.0 Å². The molecule has 1 aliphatic rings. The van der Waals surface area contributed by atoms with E-state index in [-0.39, 0.29) is 6.03 Å². The lowest BCUT2D eigenvalue weighted by molar-refractivity contribution is 0.200. The van der Waals surface area contributed by atoms with Crippen molar-refractivity contribution in [2.24, 2.45) is 0 Å². The van der Waals surface area contributed by atoms with E-state index in [1.165, 1.54) is 4.31 Å². The van der Waals surface area contributed by atoms with Crippen molar-refractivity contribution < 1.29 is 13.2 Å². The van der Waals surface area contributed by atoms with Gasteiger partial charge in [-0.1, -0.05) is 25.1 Å². The van der Waals surface area contributed by atoms with Crippen LogP contribution >= 0.6 is 0 Å². The maximum atomic E-state index is 12.8. The lowest BCUT2D eigenvalue weighted by Crippen LogP contribution is -2.42. The SMILES string of the molecule is CCCNC(=O)N1CCCN(S(=O)(=O)c2ccccc2C)CC1. The lowest BCUT2D eigenvalue weighted by Gasteiger charge is -2.22. The highest BCUT2D eigenvalue weighted by Crippen LogP contribution is 2.20. The minimum Gasteiger partial charge on any atom is -0.338 e. The van der Waals surface area contributed by atoms with Gasteiger partial charge in [-0.25, -0.2) is 13.2 Å². The Morgan fingerprint density at radius 2 is 1.91 bits per heavy atom. The van der Waals surface area contributed by atoms with E-state index in [0.717, 1.165) is 12.0 Å². The van der Waals surface area contributed by atoms with Crippen molar-refractivity contribution in [3.63, 3.8) is 0 Å². The monoisotopic (exact) mass is 339 g/mol. The molecule has 0 spiro atoms. The Balaban J connectivity index is 2.08. The number of urea groups is 1. The summed E-state index contributed by atoms with van der Waals surface area (Å²) in [7, 11) is -3.51. The van der Waals surface area contributed by atoms with Crippen LogP contribution in [-0.2, 0) is 10.0 Å². The van der Waals surface area contributed by atoms with E-state index in [1.807, 2.05) is 13.0 Å². The van der Waals surface area contributed by atoms with Gasteiger partial charge in [0.25, 0.3) is 0 Å². The number of carbonyl (C=O) groups is 1. The van der Waals surface area contributed by atoms with Gasteiger partial charge in [0.1, 0.15) is 0 Å². The van der Waals surface area contributed by atoms with E-state index >= 15 is 0 Å². The molecular weight excluding hydrogens is 314 g/mol. The summed E-state index contributed by atoms with van der Waals surface area (Å²) >= 11 is 0. The number of amides is 2. The van der Waals surface area contributed by atoms with Gasteiger partial charge < -0.3 is 10.2 Å². The first-order chi connectivity index (χ1) is 11.0. The molecule has 23 heavy (non-hydrogen) atoms. The van der Waals surface area contributed by atoms with Gasteiger partial charge in [0.2, 0.25) is 10.0 Å². The molecule has 0 aliphatic carbocycles. The van der Waals surface area contributed by atoms with Crippen LogP contribution in [0.4, 0.5) is 4.79 Å². The Labute approximate surface area is 138 Å². The highest BCUT2D eigenvalue weighted by molar-refractivity contribution is 7.89. The second-order valence-corrected chi connectivity index (χ2v) is 7.65. The van der Waals surface area contributed by atoms with E-state index in [2.05, 4.69) is 5.32 Å². The molecule has 0 atom stereocenters. The predicted molar refractivity (Wildman–Crippen MR) is 89.8 cm³/mol.